The summed E-state index contributed by atoms with van der Waals surface area (Å²) in [7, 11) is 0. The SMILES string of the molecule is C1CCCCC1.O=[N+]([O-])c1ccc2c(c1N1CCCCC1)=NC[N+]=2[O-]. The molecule has 2 fully saturated rings. The lowest BCUT2D eigenvalue weighted by Gasteiger charge is -2.27. The van der Waals surface area contributed by atoms with E-state index < -0.39 is 4.92 Å². The van der Waals surface area contributed by atoms with Crippen LogP contribution in [0.1, 0.15) is 57.8 Å². The second kappa shape index (κ2) is 8.27. The largest absolute Gasteiger partial charge is 0.622 e. The zero-order valence-corrected chi connectivity index (χ0v) is 14.7. The van der Waals surface area contributed by atoms with Gasteiger partial charge < -0.3 is 10.1 Å². The predicted molar refractivity (Wildman–Crippen MR) is 97.1 cm³/mol. The van der Waals surface area contributed by atoms with Gasteiger partial charge in [0.2, 0.25) is 12.0 Å². The summed E-state index contributed by atoms with van der Waals surface area (Å²) in [6.45, 7) is 1.59. The number of anilines is 1. The lowest BCUT2D eigenvalue weighted by Crippen LogP contribution is -2.39. The molecule has 1 aromatic carbocycles. The molecule has 2 aliphatic heterocycles. The third-order valence-electron chi connectivity index (χ3n) is 5.10. The second-order valence-electron chi connectivity index (χ2n) is 6.91. The molecule has 3 aliphatic rings. The molecule has 0 radical (unpaired) electrons. The topological polar surface area (TPSA) is 84.8 Å². The number of piperidine rings is 1. The Morgan fingerprint density at radius 2 is 1.52 bits per heavy atom. The normalized spacial score (nSPS) is 19.5. The number of nitro groups is 1. The molecule has 0 amide bonds. The van der Waals surface area contributed by atoms with Crippen LogP contribution in [-0.2, 0) is 0 Å². The number of benzene rings is 1. The minimum absolute atomic E-state index is 0.0251. The molecule has 4 rings (SSSR count). The number of nitrogens with zero attached hydrogens (tertiary/aromatic N) is 4. The predicted octanol–water partition coefficient (Wildman–Crippen LogP) is 2.51. The van der Waals surface area contributed by atoms with Gasteiger partial charge in [0.15, 0.2) is 5.36 Å². The van der Waals surface area contributed by atoms with E-state index >= 15 is 0 Å². The van der Waals surface area contributed by atoms with E-state index in [9.17, 15) is 15.3 Å². The van der Waals surface area contributed by atoms with Crippen LogP contribution in [0.2, 0.25) is 0 Å². The van der Waals surface area contributed by atoms with Crippen LogP contribution in [0.3, 0.4) is 0 Å². The zero-order valence-electron chi connectivity index (χ0n) is 14.7. The first kappa shape index (κ1) is 17.6. The van der Waals surface area contributed by atoms with E-state index in [1.54, 1.807) is 0 Å². The van der Waals surface area contributed by atoms with Crippen LogP contribution in [0, 0.1) is 15.3 Å². The summed E-state index contributed by atoms with van der Waals surface area (Å²) < 4.78 is 0.770. The van der Waals surface area contributed by atoms with E-state index in [2.05, 4.69) is 4.99 Å². The summed E-state index contributed by atoms with van der Waals surface area (Å²) >= 11 is 0. The molecule has 0 bridgehead atoms. The molecule has 7 nitrogen and oxygen atoms in total. The molecule has 25 heavy (non-hydrogen) atoms. The van der Waals surface area contributed by atoms with Gasteiger partial charge in [-0.1, -0.05) is 38.5 Å². The van der Waals surface area contributed by atoms with Gasteiger partial charge >= 0.3 is 0 Å². The molecule has 1 saturated heterocycles. The van der Waals surface area contributed by atoms with E-state index in [1.165, 1.54) is 50.7 Å². The number of rotatable bonds is 2. The molecule has 0 aromatic heterocycles. The summed E-state index contributed by atoms with van der Waals surface area (Å²) in [4.78, 5) is 17.0. The average Bonchev–Trinajstić information content (AvgIpc) is 3.05. The van der Waals surface area contributed by atoms with Crippen molar-refractivity contribution in [2.24, 2.45) is 4.99 Å². The average molecular weight is 346 g/mol. The van der Waals surface area contributed by atoms with Crippen molar-refractivity contribution in [3.05, 3.63) is 38.2 Å². The monoisotopic (exact) mass is 346 g/mol. The van der Waals surface area contributed by atoms with E-state index in [4.69, 9.17) is 0 Å². The van der Waals surface area contributed by atoms with Crippen LogP contribution >= 0.6 is 0 Å². The fourth-order valence-corrected chi connectivity index (χ4v) is 3.76. The maximum absolute atomic E-state index is 11.6. The highest BCUT2D eigenvalue weighted by Gasteiger charge is 2.27. The summed E-state index contributed by atoms with van der Waals surface area (Å²) in [5.41, 5.74) is 0.556. The van der Waals surface area contributed by atoms with Crippen molar-refractivity contribution in [1.82, 2.24) is 4.74 Å². The molecular formula is C18H26N4O3. The van der Waals surface area contributed by atoms with E-state index in [1.807, 2.05) is 4.90 Å². The van der Waals surface area contributed by atoms with Gasteiger partial charge in [0.25, 0.3) is 5.69 Å². The maximum atomic E-state index is 11.6. The van der Waals surface area contributed by atoms with E-state index in [0.717, 1.165) is 37.1 Å². The van der Waals surface area contributed by atoms with Crippen molar-refractivity contribution < 1.29 is 4.92 Å². The van der Waals surface area contributed by atoms with Crippen molar-refractivity contribution in [2.45, 2.75) is 57.8 Å². The number of hydrogen-bond acceptors (Lipinski definition) is 5. The van der Waals surface area contributed by atoms with Crippen LogP contribution in [-0.4, -0.2) is 24.7 Å². The standard InChI is InChI=1S/C12H14N4O3.C6H12/c17-15-8-13-11-9(15)4-5-10(16(18)19)12(11)14-6-2-1-3-7-14;1-2-4-6-5-3-1/h4-5H,1-3,6-8H2;1-6H2. The van der Waals surface area contributed by atoms with Crippen LogP contribution in [0.5, 0.6) is 0 Å². The second-order valence-corrected chi connectivity index (χ2v) is 6.91. The van der Waals surface area contributed by atoms with Gasteiger partial charge in [0.05, 0.1) is 4.92 Å². The molecule has 1 saturated carbocycles. The van der Waals surface area contributed by atoms with Crippen molar-refractivity contribution >= 4 is 11.4 Å². The summed E-state index contributed by atoms with van der Waals surface area (Å²) in [6.07, 6.45) is 12.2. The number of hydrogen-bond donors (Lipinski definition) is 0. The van der Waals surface area contributed by atoms with Crippen LogP contribution in [0.15, 0.2) is 17.1 Å². The van der Waals surface area contributed by atoms with Crippen LogP contribution in [0.25, 0.3) is 0 Å². The molecular weight excluding hydrogens is 320 g/mol. The molecule has 0 spiro atoms. The molecule has 0 atom stereocenters. The molecule has 0 unspecified atom stereocenters. The summed E-state index contributed by atoms with van der Waals surface area (Å²) in [5.74, 6) is 0. The van der Waals surface area contributed by atoms with Gasteiger partial charge in [0, 0.05) is 25.2 Å². The Balaban J connectivity index is 0.000000258. The van der Waals surface area contributed by atoms with Crippen molar-refractivity contribution in [3.63, 3.8) is 0 Å². The Kier molecular flexibility index (Phi) is 5.83. The Morgan fingerprint density at radius 1 is 0.960 bits per heavy atom. The Labute approximate surface area is 147 Å². The minimum Gasteiger partial charge on any atom is -0.622 e. The first-order chi connectivity index (χ1) is 12.2. The van der Waals surface area contributed by atoms with Crippen molar-refractivity contribution in [1.29, 1.82) is 0 Å². The smallest absolute Gasteiger partial charge is 0.295 e. The number of nitro benzene ring substituents is 1. The van der Waals surface area contributed by atoms with Gasteiger partial charge in [0.1, 0.15) is 5.69 Å². The van der Waals surface area contributed by atoms with Crippen LogP contribution < -0.4 is 20.4 Å². The van der Waals surface area contributed by atoms with Gasteiger partial charge in [-0.05, 0) is 19.3 Å². The highest BCUT2D eigenvalue weighted by Crippen LogP contribution is 2.25. The minimum atomic E-state index is -0.396. The van der Waals surface area contributed by atoms with Crippen molar-refractivity contribution in [3.8, 4) is 0 Å². The quantitative estimate of drug-likeness (QED) is 0.356. The Hall–Kier alpha value is -2.18. The van der Waals surface area contributed by atoms with Crippen molar-refractivity contribution in [2.75, 3.05) is 24.7 Å². The molecule has 1 aromatic rings. The van der Waals surface area contributed by atoms with E-state index in [-0.39, 0.29) is 12.4 Å². The van der Waals surface area contributed by atoms with E-state index in [0.29, 0.717) is 16.4 Å². The summed E-state index contributed by atoms with van der Waals surface area (Å²) in [6, 6.07) is 2.90. The lowest BCUT2D eigenvalue weighted by molar-refractivity contribution is -0.384. The Morgan fingerprint density at radius 3 is 2.08 bits per heavy atom. The Bertz CT molecular complexity index is 726. The lowest BCUT2D eigenvalue weighted by atomic mass is 10.0. The fraction of sp³-hybridized carbons (Fsp3) is 0.667. The molecule has 1 aliphatic carbocycles. The zero-order chi connectivity index (χ0) is 17.6. The maximum Gasteiger partial charge on any atom is 0.295 e. The highest BCUT2D eigenvalue weighted by atomic mass is 16.6. The van der Waals surface area contributed by atoms with Gasteiger partial charge in [-0.15, -0.1) is 0 Å². The highest BCUT2D eigenvalue weighted by molar-refractivity contribution is 5.63. The van der Waals surface area contributed by atoms with Gasteiger partial charge in [-0.25, -0.2) is 4.99 Å². The molecule has 7 heteroatoms. The first-order valence-electron chi connectivity index (χ1n) is 9.37. The summed E-state index contributed by atoms with van der Waals surface area (Å²) in [5, 5.41) is 23.7. The number of hydroxylamine groups is 1. The van der Waals surface area contributed by atoms with Gasteiger partial charge in [-0.2, -0.15) is 4.74 Å². The fourth-order valence-electron chi connectivity index (χ4n) is 3.76. The van der Waals surface area contributed by atoms with Gasteiger partial charge in [-0.3, -0.25) is 10.1 Å². The van der Waals surface area contributed by atoms with Crippen LogP contribution in [0.4, 0.5) is 11.4 Å². The molecule has 136 valence electrons. The number of fused-ring (bicyclic) bond motifs is 1. The third-order valence-corrected chi connectivity index (χ3v) is 5.10. The molecule has 0 N–H and O–H groups in total. The molecule has 2 heterocycles. The first-order valence-corrected chi connectivity index (χ1v) is 9.37. The third kappa shape index (κ3) is 4.08.